The molecule has 1 fully saturated rings. The van der Waals surface area contributed by atoms with Crippen LogP contribution < -0.4 is 10.6 Å². The molecule has 1 aliphatic rings. The van der Waals surface area contributed by atoms with Crippen LogP contribution in [0.1, 0.15) is 110 Å². The number of alkyl carbamates (subject to hydrolysis) is 1. The number of piperazine rings is 1. The predicted molar refractivity (Wildman–Crippen MR) is 228 cm³/mol. The fourth-order valence-corrected chi connectivity index (χ4v) is 6.99. The molecule has 0 aliphatic carbocycles. The first-order valence-corrected chi connectivity index (χ1v) is 20.5. The molecule has 1 aromatic heterocycles. The minimum atomic E-state index is -1.21. The topological polar surface area (TPSA) is 174 Å². The van der Waals surface area contributed by atoms with Gasteiger partial charge in [-0.15, -0.1) is 5.10 Å². The third-order valence-electron chi connectivity index (χ3n) is 9.54. The van der Waals surface area contributed by atoms with Crippen molar-refractivity contribution in [2.45, 2.75) is 110 Å². The third kappa shape index (κ3) is 12.6. The second-order valence-corrected chi connectivity index (χ2v) is 18.0. The quantitative estimate of drug-likeness (QED) is 0.0889. The number of esters is 1. The van der Waals surface area contributed by atoms with Gasteiger partial charge in [0.2, 0.25) is 11.8 Å². The number of hydrogen-bond donors (Lipinski definition) is 2. The Morgan fingerprint density at radius 2 is 1.08 bits per heavy atom. The van der Waals surface area contributed by atoms with Crippen molar-refractivity contribution in [1.82, 2.24) is 35.4 Å². The van der Waals surface area contributed by atoms with E-state index < -0.39 is 64.4 Å². The number of benzene rings is 3. The maximum absolute atomic E-state index is 14.6. The van der Waals surface area contributed by atoms with Crippen LogP contribution in [-0.4, -0.2) is 97.7 Å². The molecule has 2 atom stereocenters. The smallest absolute Gasteiger partial charge is 0.410 e. The molecule has 4 amide bonds. The molecule has 0 unspecified atom stereocenters. The van der Waals surface area contributed by atoms with Crippen molar-refractivity contribution in [3.8, 4) is 0 Å². The number of aromatic nitrogens is 3. The summed E-state index contributed by atoms with van der Waals surface area (Å²) in [5, 5.41) is 14.8. The van der Waals surface area contributed by atoms with E-state index in [-0.39, 0.29) is 44.7 Å². The lowest BCUT2D eigenvalue weighted by atomic mass is 9.77. The summed E-state index contributed by atoms with van der Waals surface area (Å²) in [6, 6.07) is 26.5. The molecule has 2 heterocycles. The van der Waals surface area contributed by atoms with Gasteiger partial charge in [-0.1, -0.05) is 96.2 Å². The Morgan fingerprint density at radius 1 is 0.623 bits per heavy atom. The summed E-state index contributed by atoms with van der Waals surface area (Å²) in [5.74, 6) is -1.53. The van der Waals surface area contributed by atoms with E-state index in [1.54, 1.807) is 67.2 Å². The van der Waals surface area contributed by atoms with E-state index >= 15 is 0 Å². The van der Waals surface area contributed by atoms with Crippen molar-refractivity contribution in [3.63, 3.8) is 0 Å². The van der Waals surface area contributed by atoms with Gasteiger partial charge in [-0.2, -0.15) is 0 Å². The summed E-state index contributed by atoms with van der Waals surface area (Å²) < 4.78 is 18.0. The van der Waals surface area contributed by atoms with Crippen LogP contribution in [0.3, 0.4) is 0 Å². The summed E-state index contributed by atoms with van der Waals surface area (Å²) in [6.45, 7) is 16.5. The SMILES string of the molecule is CC(C)(C)OC(=O)C[C@@H](C(=O)N1CCN(C(=O)OC(C)(C)C)CC1)n1cc([C@H](CC(=O)NC(c2ccccc2)(c2ccccc2)c2ccccc2)NC(=O)OC(C)(C)C)nn1. The highest BCUT2D eigenvalue weighted by atomic mass is 16.6. The molecule has 3 aromatic carbocycles. The van der Waals surface area contributed by atoms with Gasteiger partial charge in [0, 0.05) is 26.2 Å². The highest BCUT2D eigenvalue weighted by Gasteiger charge is 2.40. The fourth-order valence-electron chi connectivity index (χ4n) is 6.99. The van der Waals surface area contributed by atoms with Crippen LogP contribution in [0.5, 0.6) is 0 Å². The summed E-state index contributed by atoms with van der Waals surface area (Å²) in [7, 11) is 0. The van der Waals surface area contributed by atoms with Gasteiger partial charge in [-0.25, -0.2) is 14.3 Å². The Kier molecular flexibility index (Phi) is 14.3. The molecule has 15 nitrogen and oxygen atoms in total. The molecule has 0 saturated carbocycles. The van der Waals surface area contributed by atoms with E-state index in [1.807, 2.05) is 91.0 Å². The largest absolute Gasteiger partial charge is 0.460 e. The summed E-state index contributed by atoms with van der Waals surface area (Å²) in [4.78, 5) is 71.4. The standard InChI is InChI=1S/C46H59N7O8/c1-43(2,3)59-39(55)30-37(40(56)51-25-27-52(28-26-51)42(58)61-45(7,8)9)53-31-36(49-50-53)35(47-41(57)60-44(4,5)6)29-38(54)48-46(32-19-13-10-14-20-32,33-21-15-11-16-22-33)34-23-17-12-18-24-34/h10-24,31,35,37H,25-30H2,1-9H3,(H,47,57)(H,48,54)/t35-,37-/m0/s1. The molecular formula is C46H59N7O8. The zero-order chi connectivity index (χ0) is 44.6. The first-order chi connectivity index (χ1) is 28.6. The fraction of sp³-hybridized carbons (Fsp3) is 0.457. The highest BCUT2D eigenvalue weighted by molar-refractivity contribution is 5.86. The highest BCUT2D eigenvalue weighted by Crippen LogP contribution is 2.37. The van der Waals surface area contributed by atoms with Gasteiger partial charge in [0.15, 0.2) is 0 Å². The van der Waals surface area contributed by atoms with E-state index in [0.29, 0.717) is 0 Å². The summed E-state index contributed by atoms with van der Waals surface area (Å²) >= 11 is 0. The first kappa shape index (κ1) is 45.8. The Bertz CT molecular complexity index is 2020. The molecule has 1 saturated heterocycles. The molecule has 0 bridgehead atoms. The lowest BCUT2D eigenvalue weighted by molar-refractivity contribution is -0.158. The molecule has 15 heteroatoms. The average molecular weight is 838 g/mol. The number of hydrogen-bond acceptors (Lipinski definition) is 10. The maximum Gasteiger partial charge on any atom is 0.410 e. The molecule has 1 aliphatic heterocycles. The average Bonchev–Trinajstić information content (AvgIpc) is 3.68. The van der Waals surface area contributed by atoms with E-state index in [4.69, 9.17) is 14.2 Å². The molecular weight excluding hydrogens is 779 g/mol. The van der Waals surface area contributed by atoms with Crippen LogP contribution in [0, 0.1) is 0 Å². The Labute approximate surface area is 358 Å². The minimum Gasteiger partial charge on any atom is -0.460 e. The maximum atomic E-state index is 14.6. The van der Waals surface area contributed by atoms with Gasteiger partial charge in [-0.3, -0.25) is 14.4 Å². The second-order valence-electron chi connectivity index (χ2n) is 18.0. The van der Waals surface area contributed by atoms with Gasteiger partial charge in [0.25, 0.3) is 0 Å². The van der Waals surface area contributed by atoms with E-state index in [1.165, 1.54) is 15.8 Å². The summed E-state index contributed by atoms with van der Waals surface area (Å²) in [5.41, 5.74) is -0.969. The van der Waals surface area contributed by atoms with Gasteiger partial charge in [0.05, 0.1) is 25.1 Å². The van der Waals surface area contributed by atoms with Crippen LogP contribution >= 0.6 is 0 Å². The van der Waals surface area contributed by atoms with Crippen molar-refractivity contribution in [1.29, 1.82) is 0 Å². The van der Waals surface area contributed by atoms with Crippen LogP contribution in [0.15, 0.2) is 97.2 Å². The summed E-state index contributed by atoms with van der Waals surface area (Å²) in [6.07, 6.45) is -0.540. The number of carbonyl (C=O) groups excluding carboxylic acids is 5. The van der Waals surface area contributed by atoms with Crippen LogP contribution in [-0.2, 0) is 34.1 Å². The second kappa shape index (κ2) is 19.0. The monoisotopic (exact) mass is 837 g/mol. The minimum absolute atomic E-state index is 0.141. The van der Waals surface area contributed by atoms with Crippen molar-refractivity contribution in [3.05, 3.63) is 120 Å². The lowest BCUT2D eigenvalue weighted by Crippen LogP contribution is -2.53. The van der Waals surface area contributed by atoms with E-state index in [9.17, 15) is 24.0 Å². The molecule has 4 aromatic rings. The number of nitrogens with zero attached hydrogens (tertiary/aromatic N) is 5. The number of carbonyl (C=O) groups is 5. The molecule has 0 spiro atoms. The van der Waals surface area contributed by atoms with E-state index in [0.717, 1.165) is 16.7 Å². The molecule has 0 radical (unpaired) electrons. The molecule has 326 valence electrons. The number of amides is 4. The molecule has 61 heavy (non-hydrogen) atoms. The molecule has 5 rings (SSSR count). The third-order valence-corrected chi connectivity index (χ3v) is 9.54. The van der Waals surface area contributed by atoms with E-state index in [2.05, 4.69) is 20.9 Å². The number of ether oxygens (including phenoxy) is 3. The molecule has 2 N–H and O–H groups in total. The lowest BCUT2D eigenvalue weighted by Gasteiger charge is -2.37. The van der Waals surface area contributed by atoms with Gasteiger partial charge in [0.1, 0.15) is 34.1 Å². The first-order valence-electron chi connectivity index (χ1n) is 20.5. The Balaban J connectivity index is 1.48. The van der Waals surface area contributed by atoms with Crippen LogP contribution in [0.4, 0.5) is 9.59 Å². The van der Waals surface area contributed by atoms with Crippen molar-refractivity contribution >= 4 is 30.0 Å². The van der Waals surface area contributed by atoms with Gasteiger partial charge < -0.3 is 34.6 Å². The predicted octanol–water partition coefficient (Wildman–Crippen LogP) is 6.69. The van der Waals surface area contributed by atoms with Crippen molar-refractivity contribution in [2.75, 3.05) is 26.2 Å². The zero-order valence-electron chi connectivity index (χ0n) is 36.6. The normalized spacial score (nSPS) is 14.6. The Hall–Kier alpha value is -6.25. The van der Waals surface area contributed by atoms with Crippen molar-refractivity contribution in [2.24, 2.45) is 0 Å². The Morgan fingerprint density at radius 3 is 1.54 bits per heavy atom. The number of rotatable bonds is 12. The van der Waals surface area contributed by atoms with Crippen LogP contribution in [0.2, 0.25) is 0 Å². The zero-order valence-corrected chi connectivity index (χ0v) is 36.6. The van der Waals surface area contributed by atoms with Gasteiger partial charge >= 0.3 is 18.2 Å². The van der Waals surface area contributed by atoms with Gasteiger partial charge in [-0.05, 0) is 79.0 Å². The number of nitrogens with one attached hydrogen (secondary N) is 2. The van der Waals surface area contributed by atoms with Crippen molar-refractivity contribution < 1.29 is 38.2 Å². The van der Waals surface area contributed by atoms with Crippen LogP contribution in [0.25, 0.3) is 0 Å².